The Morgan fingerprint density at radius 3 is 1.99 bits per heavy atom. The van der Waals surface area contributed by atoms with E-state index in [2.05, 4.69) is 284 Å². The van der Waals surface area contributed by atoms with Gasteiger partial charge in [-0.2, -0.15) is 0 Å². The van der Waals surface area contributed by atoms with Crippen molar-refractivity contribution < 1.29 is 0 Å². The minimum atomic E-state index is -0.152. The number of nitrogens with zero attached hydrogens (tertiary/aromatic N) is 2. The zero-order valence-electron chi connectivity index (χ0n) is 42.4. The predicted octanol–water partition coefficient (Wildman–Crippen LogP) is 19.3. The number of hydrogen-bond donors (Lipinski definition) is 1. The molecule has 2 aliphatic rings. The second-order valence-electron chi connectivity index (χ2n) is 21.2. The SMILES string of the molecule is CN1c2ccccc2NC(c2ccc(C3=CC(c4ccccc4)=CC(C)(c4ccccc4)C3)cc2)C1c1ccc(-n2c3ccc4ccccc4c3c3c4ccccc4c(-c4cccc5c4sc4ccccc45)cc32)cc1. The summed E-state index contributed by atoms with van der Waals surface area (Å²) in [6.45, 7) is 2.39. The summed E-state index contributed by atoms with van der Waals surface area (Å²) >= 11 is 1.90. The molecule has 3 atom stereocenters. The Bertz CT molecular complexity index is 4490. The molecule has 0 spiro atoms. The van der Waals surface area contributed by atoms with E-state index in [1.54, 1.807) is 0 Å². The van der Waals surface area contributed by atoms with Crippen LogP contribution in [0.3, 0.4) is 0 Å². The third-order valence-corrected chi connectivity index (χ3v) is 17.9. The minimum Gasteiger partial charge on any atom is -0.374 e. The number of thiophene rings is 1. The Balaban J connectivity index is 0.857. The van der Waals surface area contributed by atoms with Crippen molar-refractivity contribution in [2.24, 2.45) is 0 Å². The van der Waals surface area contributed by atoms with Gasteiger partial charge in [0.05, 0.1) is 34.5 Å². The number of fused-ring (bicyclic) bond motifs is 11. The summed E-state index contributed by atoms with van der Waals surface area (Å²) in [5.41, 5.74) is 17.2. The van der Waals surface area contributed by atoms with Gasteiger partial charge in [-0.15, -0.1) is 11.3 Å². The van der Waals surface area contributed by atoms with Gasteiger partial charge in [-0.3, -0.25) is 0 Å². The van der Waals surface area contributed by atoms with Gasteiger partial charge in [-0.05, 0) is 115 Å². The van der Waals surface area contributed by atoms with E-state index in [1.165, 1.54) is 119 Å². The fourth-order valence-corrected chi connectivity index (χ4v) is 14.3. The third-order valence-electron chi connectivity index (χ3n) is 16.7. The van der Waals surface area contributed by atoms with Crippen LogP contribution < -0.4 is 10.2 Å². The van der Waals surface area contributed by atoms with Crippen LogP contribution in [-0.2, 0) is 5.41 Å². The lowest BCUT2D eigenvalue weighted by molar-refractivity contribution is 0.560. The molecule has 0 radical (unpaired) electrons. The molecule has 1 N–H and O–H groups in total. The molecule has 0 bridgehead atoms. The zero-order chi connectivity index (χ0) is 50.5. The van der Waals surface area contributed by atoms with Gasteiger partial charge in [0, 0.05) is 54.7 Å². The van der Waals surface area contributed by atoms with Gasteiger partial charge in [0.1, 0.15) is 0 Å². The summed E-state index contributed by atoms with van der Waals surface area (Å²) < 4.78 is 5.17. The summed E-state index contributed by atoms with van der Waals surface area (Å²) in [7, 11) is 2.26. The number of allylic oxidation sites excluding steroid dienone is 4. The first-order valence-corrected chi connectivity index (χ1v) is 27.4. The van der Waals surface area contributed by atoms with E-state index in [-0.39, 0.29) is 17.5 Å². The first kappa shape index (κ1) is 44.5. The van der Waals surface area contributed by atoms with Crippen molar-refractivity contribution in [1.82, 2.24) is 4.57 Å². The average Bonchev–Trinajstić information content (AvgIpc) is 4.06. The second kappa shape index (κ2) is 17.6. The molecule has 11 aromatic carbocycles. The van der Waals surface area contributed by atoms with Gasteiger partial charge >= 0.3 is 0 Å². The molecule has 1 aliphatic heterocycles. The van der Waals surface area contributed by atoms with Crippen LogP contribution in [0.1, 0.15) is 53.2 Å². The first-order chi connectivity index (χ1) is 37.5. The molecule has 4 heteroatoms. The van der Waals surface area contributed by atoms with Crippen LogP contribution in [0.4, 0.5) is 11.4 Å². The summed E-state index contributed by atoms with van der Waals surface area (Å²) in [6.07, 6.45) is 5.80. The molecule has 76 heavy (non-hydrogen) atoms. The van der Waals surface area contributed by atoms with Gasteiger partial charge in [0.15, 0.2) is 0 Å². The van der Waals surface area contributed by atoms with Crippen LogP contribution in [0.5, 0.6) is 0 Å². The highest BCUT2D eigenvalue weighted by Crippen LogP contribution is 2.50. The summed E-state index contributed by atoms with van der Waals surface area (Å²) in [5.74, 6) is 0. The van der Waals surface area contributed by atoms with E-state index in [0.29, 0.717) is 0 Å². The predicted molar refractivity (Wildman–Crippen MR) is 325 cm³/mol. The fourth-order valence-electron chi connectivity index (χ4n) is 13.1. The van der Waals surface area contributed by atoms with Gasteiger partial charge in [-0.25, -0.2) is 0 Å². The molecular weight excluding hydrogens is 939 g/mol. The molecule has 0 saturated heterocycles. The molecule has 3 unspecified atom stereocenters. The standard InChI is InChI=1S/C72H53N3S/c1-72(53-21-7-4-8-22-53)44-51(46-18-5-3-6-19-46)42-52(45-72)47-32-34-49(35-33-47)69-70(74(2)63-30-15-14-29-62(63)73-69)50-36-39-54(40-37-50)75-64-41-38-48-20-9-10-23-55(48)67(64)68-58-26-12-11-24-56(58)61(43-65(68)75)60-28-17-27-59-57-25-13-16-31-66(57)76-71(59)60/h3-44,69-70,73H,45H2,1-2H3. The lowest BCUT2D eigenvalue weighted by Gasteiger charge is -2.43. The third kappa shape index (κ3) is 7.08. The maximum absolute atomic E-state index is 4.05. The van der Waals surface area contributed by atoms with Crippen LogP contribution in [0, 0.1) is 0 Å². The van der Waals surface area contributed by atoms with Crippen molar-refractivity contribution in [2.45, 2.75) is 30.8 Å². The van der Waals surface area contributed by atoms with Crippen molar-refractivity contribution in [3.8, 4) is 16.8 Å². The molecular formula is C72H53N3S. The lowest BCUT2D eigenvalue weighted by atomic mass is 9.71. The Kier molecular flexibility index (Phi) is 10.3. The molecule has 15 rings (SSSR count). The summed E-state index contributed by atoms with van der Waals surface area (Å²) in [6, 6.07) is 90.2. The van der Waals surface area contributed by atoms with Crippen LogP contribution in [0.15, 0.2) is 255 Å². The molecule has 3 nitrogen and oxygen atoms in total. The molecule has 0 fully saturated rings. The van der Waals surface area contributed by atoms with Crippen LogP contribution in [0.25, 0.3) is 91.5 Å². The number of rotatable bonds is 7. The molecule has 0 saturated carbocycles. The monoisotopic (exact) mass is 991 g/mol. The van der Waals surface area contributed by atoms with Crippen molar-refractivity contribution >= 4 is 97.4 Å². The van der Waals surface area contributed by atoms with E-state index < -0.39 is 0 Å². The van der Waals surface area contributed by atoms with Gasteiger partial charge in [0.25, 0.3) is 0 Å². The number of benzene rings is 11. The number of likely N-dealkylation sites (N-methyl/N-ethyl adjacent to an activating group) is 1. The van der Waals surface area contributed by atoms with Crippen LogP contribution >= 0.6 is 11.3 Å². The Labute approximate surface area is 446 Å². The Morgan fingerprint density at radius 1 is 0.513 bits per heavy atom. The smallest absolute Gasteiger partial charge is 0.0783 e. The maximum Gasteiger partial charge on any atom is 0.0783 e. The normalized spacial score (nSPS) is 17.6. The molecule has 3 heterocycles. The Hall–Kier alpha value is -8.96. The highest BCUT2D eigenvalue weighted by atomic mass is 32.1. The van der Waals surface area contributed by atoms with E-state index in [0.717, 1.165) is 17.8 Å². The average molecular weight is 992 g/mol. The number of nitrogens with one attached hydrogen (secondary N) is 1. The lowest BCUT2D eigenvalue weighted by Crippen LogP contribution is -2.37. The van der Waals surface area contributed by atoms with Crippen molar-refractivity contribution in [2.75, 3.05) is 17.3 Å². The van der Waals surface area contributed by atoms with Crippen LogP contribution in [-0.4, -0.2) is 11.6 Å². The number of para-hydroxylation sites is 2. The van der Waals surface area contributed by atoms with Crippen molar-refractivity contribution in [3.05, 3.63) is 283 Å². The van der Waals surface area contributed by atoms with E-state index in [4.69, 9.17) is 0 Å². The molecule has 1 aliphatic carbocycles. The Morgan fingerprint density at radius 2 is 1.17 bits per heavy atom. The zero-order valence-corrected chi connectivity index (χ0v) is 43.2. The maximum atomic E-state index is 4.05. The van der Waals surface area contributed by atoms with Crippen molar-refractivity contribution in [1.29, 1.82) is 0 Å². The van der Waals surface area contributed by atoms with E-state index >= 15 is 0 Å². The van der Waals surface area contributed by atoms with Gasteiger partial charge in [-0.1, -0.05) is 219 Å². The molecule has 2 aromatic heterocycles. The highest BCUT2D eigenvalue weighted by molar-refractivity contribution is 7.26. The van der Waals surface area contributed by atoms with Gasteiger partial charge in [0.2, 0.25) is 0 Å². The number of aromatic nitrogens is 1. The minimum absolute atomic E-state index is 0.0112. The molecule has 362 valence electrons. The van der Waals surface area contributed by atoms with E-state index in [1.807, 2.05) is 11.3 Å². The first-order valence-electron chi connectivity index (χ1n) is 26.6. The molecule has 13 aromatic rings. The van der Waals surface area contributed by atoms with Gasteiger partial charge < -0.3 is 14.8 Å². The second-order valence-corrected chi connectivity index (χ2v) is 22.2. The summed E-state index contributed by atoms with van der Waals surface area (Å²) in [4.78, 5) is 2.48. The van der Waals surface area contributed by atoms with Crippen molar-refractivity contribution in [3.63, 3.8) is 0 Å². The fraction of sp³-hybridized carbons (Fsp3) is 0.0833. The van der Waals surface area contributed by atoms with Crippen LogP contribution in [0.2, 0.25) is 0 Å². The number of anilines is 2. The van der Waals surface area contributed by atoms with E-state index in [9.17, 15) is 0 Å². The quantitative estimate of drug-likeness (QED) is 0.172. The molecule has 0 amide bonds. The topological polar surface area (TPSA) is 20.2 Å². The highest BCUT2D eigenvalue weighted by Gasteiger charge is 2.35. The number of hydrogen-bond acceptors (Lipinski definition) is 3. The summed E-state index contributed by atoms with van der Waals surface area (Å²) in [5, 5.41) is 14.3. The largest absolute Gasteiger partial charge is 0.374 e.